The second-order valence-corrected chi connectivity index (χ2v) is 4.61. The third kappa shape index (κ3) is 5.04. The van der Waals surface area contributed by atoms with Gasteiger partial charge in [-0.15, -0.1) is 0 Å². The van der Waals surface area contributed by atoms with Crippen LogP contribution in [0, 0.1) is 5.82 Å². The van der Waals surface area contributed by atoms with Crippen molar-refractivity contribution in [3.05, 3.63) is 34.1 Å². The zero-order chi connectivity index (χ0) is 13.1. The van der Waals surface area contributed by atoms with Crippen molar-refractivity contribution < 1.29 is 17.6 Å². The van der Waals surface area contributed by atoms with E-state index in [1.807, 2.05) is 0 Å². The zero-order valence-corrected chi connectivity index (χ0v) is 10.7. The molecule has 17 heavy (non-hydrogen) atoms. The number of halogens is 5. The Kier molecular flexibility index (Phi) is 4.94. The Morgan fingerprint density at radius 1 is 1.29 bits per heavy atom. The third-order valence-electron chi connectivity index (χ3n) is 2.35. The summed E-state index contributed by atoms with van der Waals surface area (Å²) in [5.41, 5.74) is 0.503. The molecule has 0 aliphatic rings. The van der Waals surface area contributed by atoms with Crippen LogP contribution in [-0.2, 0) is 0 Å². The van der Waals surface area contributed by atoms with E-state index in [0.717, 1.165) is 0 Å². The van der Waals surface area contributed by atoms with E-state index in [4.69, 9.17) is 0 Å². The van der Waals surface area contributed by atoms with Gasteiger partial charge in [0, 0.05) is 16.9 Å². The second kappa shape index (κ2) is 5.82. The number of hydrogen-bond acceptors (Lipinski definition) is 1. The maximum absolute atomic E-state index is 13.1. The van der Waals surface area contributed by atoms with Crippen molar-refractivity contribution in [1.82, 2.24) is 5.32 Å². The normalized spacial score (nSPS) is 13.8. The van der Waals surface area contributed by atoms with Crippen molar-refractivity contribution in [2.45, 2.75) is 25.1 Å². The number of rotatable bonds is 4. The lowest BCUT2D eigenvalue weighted by molar-refractivity contribution is -0.136. The predicted octanol–water partition coefficient (Wildman–Crippen LogP) is 4.19. The number of alkyl halides is 3. The molecule has 1 N–H and O–H groups in total. The Labute approximate surface area is 105 Å². The van der Waals surface area contributed by atoms with Crippen molar-refractivity contribution >= 4 is 15.9 Å². The van der Waals surface area contributed by atoms with Crippen molar-refractivity contribution in [2.75, 3.05) is 7.05 Å². The van der Waals surface area contributed by atoms with Gasteiger partial charge in [0.15, 0.2) is 0 Å². The Morgan fingerprint density at radius 3 is 2.41 bits per heavy atom. The molecule has 1 atom stereocenters. The van der Waals surface area contributed by atoms with Gasteiger partial charge in [-0.1, -0.05) is 15.9 Å². The summed E-state index contributed by atoms with van der Waals surface area (Å²) in [6.07, 6.45) is -5.21. The first-order valence-corrected chi connectivity index (χ1v) is 5.81. The summed E-state index contributed by atoms with van der Waals surface area (Å²) in [5.74, 6) is -0.471. The molecule has 0 spiro atoms. The van der Waals surface area contributed by atoms with E-state index in [9.17, 15) is 17.6 Å². The van der Waals surface area contributed by atoms with Gasteiger partial charge in [0.25, 0.3) is 0 Å². The minimum atomic E-state index is -4.19. The lowest BCUT2D eigenvalue weighted by atomic mass is 10.0. The van der Waals surface area contributed by atoms with Gasteiger partial charge >= 0.3 is 6.18 Å². The first-order chi connectivity index (χ1) is 7.81. The van der Waals surface area contributed by atoms with Gasteiger partial charge in [-0.05, 0) is 37.2 Å². The van der Waals surface area contributed by atoms with Crippen LogP contribution in [0.5, 0.6) is 0 Å². The van der Waals surface area contributed by atoms with Gasteiger partial charge in [0.1, 0.15) is 5.82 Å². The van der Waals surface area contributed by atoms with Crippen LogP contribution in [0.4, 0.5) is 17.6 Å². The highest BCUT2D eigenvalue weighted by Crippen LogP contribution is 2.28. The Bertz CT molecular complexity index is 358. The molecule has 1 unspecified atom stereocenters. The quantitative estimate of drug-likeness (QED) is 0.822. The van der Waals surface area contributed by atoms with Crippen LogP contribution in [0.1, 0.15) is 24.4 Å². The number of hydrogen-bond donors (Lipinski definition) is 1. The van der Waals surface area contributed by atoms with Crippen molar-refractivity contribution in [3.8, 4) is 0 Å². The molecule has 96 valence electrons. The van der Waals surface area contributed by atoms with Gasteiger partial charge in [0.05, 0.1) is 0 Å². The van der Waals surface area contributed by atoms with Crippen LogP contribution in [0.2, 0.25) is 0 Å². The van der Waals surface area contributed by atoms with Gasteiger partial charge in [-0.25, -0.2) is 4.39 Å². The summed E-state index contributed by atoms with van der Waals surface area (Å²) in [6.45, 7) is 0. The average molecular weight is 314 g/mol. The molecule has 6 heteroatoms. The van der Waals surface area contributed by atoms with E-state index in [2.05, 4.69) is 21.2 Å². The van der Waals surface area contributed by atoms with Crippen LogP contribution in [0.25, 0.3) is 0 Å². The maximum Gasteiger partial charge on any atom is 0.389 e. The van der Waals surface area contributed by atoms with Gasteiger partial charge in [-0.2, -0.15) is 13.2 Å². The molecule has 0 bridgehead atoms. The zero-order valence-electron chi connectivity index (χ0n) is 9.11. The molecule has 1 rings (SSSR count). The Morgan fingerprint density at radius 2 is 1.94 bits per heavy atom. The molecule has 1 aromatic rings. The average Bonchev–Trinajstić information content (AvgIpc) is 2.15. The maximum atomic E-state index is 13.1. The van der Waals surface area contributed by atoms with E-state index in [1.54, 1.807) is 13.1 Å². The monoisotopic (exact) mass is 313 g/mol. The fourth-order valence-corrected chi connectivity index (χ4v) is 2.05. The number of benzene rings is 1. The molecule has 0 aliphatic carbocycles. The van der Waals surface area contributed by atoms with E-state index in [1.165, 1.54) is 12.1 Å². The fraction of sp³-hybridized carbons (Fsp3) is 0.455. The first-order valence-electron chi connectivity index (χ1n) is 5.02. The Balaban J connectivity index is 2.79. The molecule has 0 aromatic heterocycles. The van der Waals surface area contributed by atoms with Crippen LogP contribution < -0.4 is 5.32 Å². The van der Waals surface area contributed by atoms with E-state index in [0.29, 0.717) is 10.0 Å². The standard InChI is InChI=1S/C11H12BrF4N/c1-17-10(2-3-11(14,15)16)7-4-8(12)6-9(13)5-7/h4-6,10,17H,2-3H2,1H3. The molecule has 1 nitrogen and oxygen atoms in total. The van der Waals surface area contributed by atoms with Gasteiger partial charge in [-0.3, -0.25) is 0 Å². The molecule has 0 radical (unpaired) electrons. The van der Waals surface area contributed by atoms with Crippen molar-refractivity contribution in [2.24, 2.45) is 0 Å². The van der Waals surface area contributed by atoms with Gasteiger partial charge in [0.2, 0.25) is 0 Å². The van der Waals surface area contributed by atoms with Crippen molar-refractivity contribution in [3.63, 3.8) is 0 Å². The van der Waals surface area contributed by atoms with Crippen LogP contribution in [0.15, 0.2) is 22.7 Å². The summed E-state index contributed by atoms with van der Waals surface area (Å²) in [7, 11) is 1.56. The molecule has 0 heterocycles. The number of nitrogens with one attached hydrogen (secondary N) is 1. The smallest absolute Gasteiger partial charge is 0.313 e. The molecule has 1 aromatic carbocycles. The topological polar surface area (TPSA) is 12.0 Å². The molecule has 0 aliphatic heterocycles. The summed E-state index contributed by atoms with van der Waals surface area (Å²) in [4.78, 5) is 0. The van der Waals surface area contributed by atoms with E-state index >= 15 is 0 Å². The predicted molar refractivity (Wildman–Crippen MR) is 61.2 cm³/mol. The molecule has 0 saturated heterocycles. The summed E-state index contributed by atoms with van der Waals surface area (Å²) in [5, 5.41) is 2.76. The fourth-order valence-electron chi connectivity index (χ4n) is 1.56. The van der Waals surface area contributed by atoms with E-state index in [-0.39, 0.29) is 6.42 Å². The summed E-state index contributed by atoms with van der Waals surface area (Å²) in [6, 6.07) is 3.60. The molecule has 0 saturated carbocycles. The van der Waals surface area contributed by atoms with Crippen LogP contribution in [0.3, 0.4) is 0 Å². The van der Waals surface area contributed by atoms with Crippen LogP contribution in [-0.4, -0.2) is 13.2 Å². The second-order valence-electron chi connectivity index (χ2n) is 3.70. The molecule has 0 amide bonds. The highest BCUT2D eigenvalue weighted by Gasteiger charge is 2.28. The lowest BCUT2D eigenvalue weighted by Gasteiger charge is -2.18. The third-order valence-corrected chi connectivity index (χ3v) is 2.81. The largest absolute Gasteiger partial charge is 0.389 e. The first kappa shape index (κ1) is 14.4. The summed E-state index contributed by atoms with van der Waals surface area (Å²) >= 11 is 3.11. The highest BCUT2D eigenvalue weighted by molar-refractivity contribution is 9.10. The molecular formula is C11H12BrF4N. The Hall–Kier alpha value is -0.620. The lowest BCUT2D eigenvalue weighted by Crippen LogP contribution is -2.19. The van der Waals surface area contributed by atoms with Crippen LogP contribution >= 0.6 is 15.9 Å². The highest BCUT2D eigenvalue weighted by atomic mass is 79.9. The minimum Gasteiger partial charge on any atom is -0.313 e. The minimum absolute atomic E-state index is 0.115. The SMILES string of the molecule is CNC(CCC(F)(F)F)c1cc(F)cc(Br)c1. The van der Waals surface area contributed by atoms with Gasteiger partial charge < -0.3 is 5.32 Å². The summed E-state index contributed by atoms with van der Waals surface area (Å²) < 4.78 is 50.0. The van der Waals surface area contributed by atoms with Crippen molar-refractivity contribution in [1.29, 1.82) is 0 Å². The van der Waals surface area contributed by atoms with E-state index < -0.39 is 24.5 Å². The molecular weight excluding hydrogens is 302 g/mol. The molecule has 0 fully saturated rings.